The van der Waals surface area contributed by atoms with Crippen molar-refractivity contribution in [3.05, 3.63) is 24.7 Å². The molecule has 0 unspecified atom stereocenters. The Morgan fingerprint density at radius 1 is 1.33 bits per heavy atom. The zero-order valence-corrected chi connectivity index (χ0v) is 10.8. The zero-order valence-electron chi connectivity index (χ0n) is 10.0. The van der Waals surface area contributed by atoms with Gasteiger partial charge in [0.15, 0.2) is 9.84 Å². The fourth-order valence-electron chi connectivity index (χ4n) is 1.55. The van der Waals surface area contributed by atoms with E-state index in [-0.39, 0.29) is 4.90 Å². The molecule has 0 aromatic carbocycles. The van der Waals surface area contributed by atoms with Gasteiger partial charge in [0.25, 0.3) is 0 Å². The van der Waals surface area contributed by atoms with Gasteiger partial charge in [0.1, 0.15) is 10.7 Å². The summed E-state index contributed by atoms with van der Waals surface area (Å²) in [5, 5.41) is 8.06. The fourth-order valence-corrected chi connectivity index (χ4v) is 2.11. The van der Waals surface area contributed by atoms with Crippen LogP contribution in [0.5, 0.6) is 0 Å². The standard InChI is InChI=1S/C10H15N5O2S/c1-18(16,17)9-7-12-15(8-9)5-2-4-14-6-3-10(11)13-14/h3,6-8H,2,4-5H2,1H3,(H2,11,13). The molecule has 0 radical (unpaired) electrons. The molecule has 0 saturated heterocycles. The van der Waals surface area contributed by atoms with Crippen molar-refractivity contribution in [2.75, 3.05) is 12.0 Å². The Bertz CT molecular complexity index is 628. The largest absolute Gasteiger partial charge is 0.382 e. The summed E-state index contributed by atoms with van der Waals surface area (Å²) in [6.07, 6.45) is 6.67. The monoisotopic (exact) mass is 269 g/mol. The Morgan fingerprint density at radius 2 is 2.06 bits per heavy atom. The van der Waals surface area contributed by atoms with Gasteiger partial charge in [-0.1, -0.05) is 0 Å². The van der Waals surface area contributed by atoms with Crippen LogP contribution in [0.2, 0.25) is 0 Å². The number of anilines is 1. The van der Waals surface area contributed by atoms with E-state index in [4.69, 9.17) is 5.73 Å². The molecular weight excluding hydrogens is 254 g/mol. The summed E-state index contributed by atoms with van der Waals surface area (Å²) in [4.78, 5) is 0.242. The number of rotatable bonds is 5. The Kier molecular flexibility index (Phi) is 3.37. The predicted octanol–water partition coefficient (Wildman–Crippen LogP) is 0.156. The maximum absolute atomic E-state index is 11.3. The Hall–Kier alpha value is -1.83. The van der Waals surface area contributed by atoms with E-state index in [2.05, 4.69) is 10.2 Å². The molecule has 18 heavy (non-hydrogen) atoms. The lowest BCUT2D eigenvalue weighted by Crippen LogP contribution is -2.05. The third kappa shape index (κ3) is 3.10. The minimum Gasteiger partial charge on any atom is -0.382 e. The van der Waals surface area contributed by atoms with E-state index < -0.39 is 9.84 Å². The molecule has 0 spiro atoms. The lowest BCUT2D eigenvalue weighted by Gasteiger charge is -2.02. The van der Waals surface area contributed by atoms with Gasteiger partial charge in [0, 0.05) is 31.7 Å². The second-order valence-corrected chi connectivity index (χ2v) is 6.08. The van der Waals surface area contributed by atoms with Gasteiger partial charge in [-0.2, -0.15) is 10.2 Å². The normalized spacial score (nSPS) is 11.8. The molecule has 2 rings (SSSR count). The number of aromatic nitrogens is 4. The van der Waals surface area contributed by atoms with Crippen LogP contribution in [0.25, 0.3) is 0 Å². The van der Waals surface area contributed by atoms with Crippen molar-refractivity contribution >= 4 is 15.7 Å². The van der Waals surface area contributed by atoms with Gasteiger partial charge in [0.2, 0.25) is 0 Å². The SMILES string of the molecule is CS(=O)(=O)c1cnn(CCCn2ccc(N)n2)c1. The minimum atomic E-state index is -3.17. The average Bonchev–Trinajstić information content (AvgIpc) is 2.87. The van der Waals surface area contributed by atoms with Gasteiger partial charge < -0.3 is 5.73 Å². The van der Waals surface area contributed by atoms with Crippen LogP contribution in [0.3, 0.4) is 0 Å². The molecule has 0 aliphatic rings. The topological polar surface area (TPSA) is 95.8 Å². The Balaban J connectivity index is 1.89. The van der Waals surface area contributed by atoms with Crippen LogP contribution in [0.4, 0.5) is 5.82 Å². The maximum atomic E-state index is 11.3. The quantitative estimate of drug-likeness (QED) is 0.834. The fraction of sp³-hybridized carbons (Fsp3) is 0.400. The van der Waals surface area contributed by atoms with Gasteiger partial charge in [-0.05, 0) is 12.5 Å². The molecule has 2 heterocycles. The molecule has 98 valence electrons. The van der Waals surface area contributed by atoms with Crippen LogP contribution >= 0.6 is 0 Å². The number of aryl methyl sites for hydroxylation is 2. The van der Waals surface area contributed by atoms with E-state index in [9.17, 15) is 8.42 Å². The van der Waals surface area contributed by atoms with Crippen molar-refractivity contribution in [3.63, 3.8) is 0 Å². The molecule has 0 aliphatic carbocycles. The first-order chi connectivity index (χ1) is 8.45. The molecule has 2 aromatic rings. The summed E-state index contributed by atoms with van der Waals surface area (Å²) >= 11 is 0. The molecule has 8 heteroatoms. The van der Waals surface area contributed by atoms with Crippen LogP contribution in [-0.2, 0) is 22.9 Å². The van der Waals surface area contributed by atoms with E-state index >= 15 is 0 Å². The lowest BCUT2D eigenvalue weighted by atomic mass is 10.4. The Labute approximate surface area is 105 Å². The second kappa shape index (κ2) is 4.81. The summed E-state index contributed by atoms with van der Waals surface area (Å²) in [6.45, 7) is 1.35. The highest BCUT2D eigenvalue weighted by atomic mass is 32.2. The minimum absolute atomic E-state index is 0.242. The highest BCUT2D eigenvalue weighted by Crippen LogP contribution is 2.07. The highest BCUT2D eigenvalue weighted by Gasteiger charge is 2.09. The first-order valence-electron chi connectivity index (χ1n) is 5.46. The first kappa shape index (κ1) is 12.6. The van der Waals surface area contributed by atoms with Crippen molar-refractivity contribution in [2.45, 2.75) is 24.4 Å². The van der Waals surface area contributed by atoms with Crippen LogP contribution in [0.15, 0.2) is 29.6 Å². The Morgan fingerprint density at radius 3 is 2.61 bits per heavy atom. The number of sulfone groups is 1. The zero-order chi connectivity index (χ0) is 13.2. The number of nitrogens with zero attached hydrogens (tertiary/aromatic N) is 4. The van der Waals surface area contributed by atoms with Gasteiger partial charge in [-0.15, -0.1) is 0 Å². The number of nitrogens with two attached hydrogens (primary N) is 1. The molecular formula is C10H15N5O2S. The van der Waals surface area contributed by atoms with Crippen molar-refractivity contribution in [2.24, 2.45) is 0 Å². The molecule has 0 atom stereocenters. The lowest BCUT2D eigenvalue weighted by molar-refractivity contribution is 0.501. The average molecular weight is 269 g/mol. The molecule has 0 aliphatic heterocycles. The van der Waals surface area contributed by atoms with Gasteiger partial charge >= 0.3 is 0 Å². The van der Waals surface area contributed by atoms with Crippen LogP contribution < -0.4 is 5.73 Å². The van der Waals surface area contributed by atoms with Crippen LogP contribution in [-0.4, -0.2) is 34.2 Å². The van der Waals surface area contributed by atoms with Gasteiger partial charge in [-0.25, -0.2) is 8.42 Å². The van der Waals surface area contributed by atoms with Gasteiger partial charge in [-0.3, -0.25) is 9.36 Å². The molecule has 0 amide bonds. The summed E-state index contributed by atoms with van der Waals surface area (Å²) < 4.78 is 25.9. The summed E-state index contributed by atoms with van der Waals surface area (Å²) in [5.41, 5.74) is 5.50. The molecule has 7 nitrogen and oxygen atoms in total. The summed E-state index contributed by atoms with van der Waals surface area (Å²) in [6, 6.07) is 1.73. The molecule has 2 aromatic heterocycles. The van der Waals surface area contributed by atoms with Crippen molar-refractivity contribution in [1.82, 2.24) is 19.6 Å². The number of hydrogen-bond acceptors (Lipinski definition) is 5. The van der Waals surface area contributed by atoms with E-state index in [1.807, 2.05) is 0 Å². The molecule has 2 N–H and O–H groups in total. The third-order valence-corrected chi connectivity index (χ3v) is 3.54. The third-order valence-electron chi connectivity index (χ3n) is 2.47. The van der Waals surface area contributed by atoms with E-state index in [0.29, 0.717) is 18.9 Å². The summed E-state index contributed by atoms with van der Waals surface area (Å²) in [7, 11) is -3.17. The summed E-state index contributed by atoms with van der Waals surface area (Å²) in [5.74, 6) is 0.494. The van der Waals surface area contributed by atoms with Crippen LogP contribution in [0.1, 0.15) is 6.42 Å². The van der Waals surface area contributed by atoms with E-state index in [1.54, 1.807) is 21.6 Å². The maximum Gasteiger partial charge on any atom is 0.178 e. The smallest absolute Gasteiger partial charge is 0.178 e. The predicted molar refractivity (Wildman–Crippen MR) is 66.6 cm³/mol. The highest BCUT2D eigenvalue weighted by molar-refractivity contribution is 7.90. The molecule has 0 saturated carbocycles. The molecule has 0 bridgehead atoms. The molecule has 0 fully saturated rings. The van der Waals surface area contributed by atoms with Crippen molar-refractivity contribution < 1.29 is 8.42 Å². The van der Waals surface area contributed by atoms with Gasteiger partial charge in [0.05, 0.1) is 6.20 Å². The number of hydrogen-bond donors (Lipinski definition) is 1. The van der Waals surface area contributed by atoms with Crippen molar-refractivity contribution in [3.8, 4) is 0 Å². The van der Waals surface area contributed by atoms with Crippen LogP contribution in [0, 0.1) is 0 Å². The first-order valence-corrected chi connectivity index (χ1v) is 7.36. The number of nitrogen functional groups attached to an aromatic ring is 1. The van der Waals surface area contributed by atoms with E-state index in [0.717, 1.165) is 6.42 Å². The van der Waals surface area contributed by atoms with Crippen molar-refractivity contribution in [1.29, 1.82) is 0 Å². The van der Waals surface area contributed by atoms with E-state index in [1.165, 1.54) is 18.6 Å². The second-order valence-electron chi connectivity index (χ2n) is 4.07.